The minimum Gasteiger partial charge on any atom is -0.508 e. The van der Waals surface area contributed by atoms with E-state index in [4.69, 9.17) is 4.74 Å². The van der Waals surface area contributed by atoms with Gasteiger partial charge in [0.2, 0.25) is 0 Å². The summed E-state index contributed by atoms with van der Waals surface area (Å²) in [5.41, 5.74) is 1.73. The van der Waals surface area contributed by atoms with Crippen LogP contribution in [-0.2, 0) is 24.5 Å². The molecule has 138 valence electrons. The van der Waals surface area contributed by atoms with Crippen LogP contribution in [0.4, 0.5) is 0 Å². The molecule has 0 radical (unpaired) electrons. The van der Waals surface area contributed by atoms with Crippen LogP contribution in [0.25, 0.3) is 0 Å². The highest BCUT2D eigenvalue weighted by atomic mass is 16.6. The lowest BCUT2D eigenvalue weighted by Crippen LogP contribution is -2.37. The summed E-state index contributed by atoms with van der Waals surface area (Å²) in [6.07, 6.45) is -1.47. The lowest BCUT2D eigenvalue weighted by Gasteiger charge is -2.26. The number of phenolic OH excluding ortho intramolecular Hbond substituents is 1. The van der Waals surface area contributed by atoms with Gasteiger partial charge in [0.1, 0.15) is 11.5 Å². The zero-order valence-electron chi connectivity index (χ0n) is 15.2. The van der Waals surface area contributed by atoms with Gasteiger partial charge in [0, 0.05) is 5.41 Å². The lowest BCUT2D eigenvalue weighted by molar-refractivity contribution is -0.163. The minimum atomic E-state index is -1.47. The number of methoxy groups -OCH3 is 2. The van der Waals surface area contributed by atoms with Gasteiger partial charge in [-0.2, -0.15) is 0 Å². The molecule has 6 heteroatoms. The van der Waals surface area contributed by atoms with Gasteiger partial charge in [-0.25, -0.2) is 9.59 Å². The number of aromatic hydroxyl groups is 1. The summed E-state index contributed by atoms with van der Waals surface area (Å²) in [4.78, 5) is 23.4. The number of carbonyl (C=O) groups excluding carboxylic acids is 2. The Hall–Kier alpha value is -3.02. The van der Waals surface area contributed by atoms with Crippen molar-refractivity contribution in [2.45, 2.75) is 25.4 Å². The maximum atomic E-state index is 11.7. The number of benzene rings is 2. The molecule has 0 atom stereocenters. The van der Waals surface area contributed by atoms with E-state index >= 15 is 0 Å². The van der Waals surface area contributed by atoms with Crippen LogP contribution in [0.2, 0.25) is 0 Å². The first-order chi connectivity index (χ1) is 12.3. The summed E-state index contributed by atoms with van der Waals surface area (Å²) < 4.78 is 14.6. The number of hydrogen-bond donors (Lipinski definition) is 1. The van der Waals surface area contributed by atoms with Crippen LogP contribution in [-0.4, -0.2) is 37.4 Å². The van der Waals surface area contributed by atoms with E-state index in [0.29, 0.717) is 5.75 Å². The molecule has 0 unspecified atom stereocenters. The molecule has 0 aliphatic carbocycles. The zero-order valence-corrected chi connectivity index (χ0v) is 15.2. The van der Waals surface area contributed by atoms with Gasteiger partial charge in [-0.05, 0) is 35.4 Å². The van der Waals surface area contributed by atoms with Crippen molar-refractivity contribution in [1.82, 2.24) is 0 Å². The van der Waals surface area contributed by atoms with Crippen molar-refractivity contribution in [2.75, 3.05) is 14.2 Å². The highest BCUT2D eigenvalue weighted by Crippen LogP contribution is 2.33. The van der Waals surface area contributed by atoms with Crippen LogP contribution in [0, 0.1) is 0 Å². The second-order valence-corrected chi connectivity index (χ2v) is 6.24. The van der Waals surface area contributed by atoms with Gasteiger partial charge in [0.25, 0.3) is 6.10 Å². The third-order valence-corrected chi connectivity index (χ3v) is 4.25. The first-order valence-electron chi connectivity index (χ1n) is 8.02. The van der Waals surface area contributed by atoms with E-state index in [0.717, 1.165) is 11.1 Å². The summed E-state index contributed by atoms with van der Waals surface area (Å²) in [5, 5.41) is 9.45. The van der Waals surface area contributed by atoms with Crippen molar-refractivity contribution in [3.05, 3.63) is 59.7 Å². The average Bonchev–Trinajstić information content (AvgIpc) is 2.65. The molecule has 0 saturated carbocycles. The number of hydrogen-bond acceptors (Lipinski definition) is 6. The molecule has 0 heterocycles. The Morgan fingerprint density at radius 2 is 1.27 bits per heavy atom. The summed E-state index contributed by atoms with van der Waals surface area (Å²) >= 11 is 0. The molecule has 0 amide bonds. The van der Waals surface area contributed by atoms with Crippen LogP contribution in [0.15, 0.2) is 48.5 Å². The van der Waals surface area contributed by atoms with Gasteiger partial charge in [-0.15, -0.1) is 0 Å². The Bertz CT molecular complexity index is 746. The number of esters is 2. The summed E-state index contributed by atoms with van der Waals surface area (Å²) in [5.74, 6) is -1.10. The second-order valence-electron chi connectivity index (χ2n) is 6.24. The third-order valence-electron chi connectivity index (χ3n) is 4.25. The van der Waals surface area contributed by atoms with Crippen molar-refractivity contribution in [3.8, 4) is 11.5 Å². The smallest absolute Gasteiger partial charge is 0.359 e. The Morgan fingerprint density at radius 3 is 1.69 bits per heavy atom. The van der Waals surface area contributed by atoms with E-state index in [1.165, 1.54) is 14.2 Å². The van der Waals surface area contributed by atoms with Crippen LogP contribution in [0.5, 0.6) is 11.5 Å². The van der Waals surface area contributed by atoms with Gasteiger partial charge in [0.05, 0.1) is 14.2 Å². The molecule has 0 aliphatic heterocycles. The van der Waals surface area contributed by atoms with E-state index in [-0.39, 0.29) is 11.2 Å². The maximum Gasteiger partial charge on any atom is 0.359 e. The molecular formula is C20H22O6. The van der Waals surface area contributed by atoms with E-state index in [1.54, 1.807) is 24.3 Å². The fourth-order valence-corrected chi connectivity index (χ4v) is 2.54. The highest BCUT2D eigenvalue weighted by Gasteiger charge is 2.31. The third kappa shape index (κ3) is 4.14. The molecule has 26 heavy (non-hydrogen) atoms. The van der Waals surface area contributed by atoms with E-state index in [9.17, 15) is 14.7 Å². The van der Waals surface area contributed by atoms with Crippen molar-refractivity contribution in [1.29, 1.82) is 0 Å². The van der Waals surface area contributed by atoms with E-state index < -0.39 is 18.0 Å². The van der Waals surface area contributed by atoms with Crippen LogP contribution in [0.3, 0.4) is 0 Å². The lowest BCUT2D eigenvalue weighted by atomic mass is 9.78. The Kier molecular flexibility index (Phi) is 5.87. The van der Waals surface area contributed by atoms with Gasteiger partial charge in [-0.3, -0.25) is 0 Å². The van der Waals surface area contributed by atoms with Crippen molar-refractivity contribution in [3.63, 3.8) is 0 Å². The summed E-state index contributed by atoms with van der Waals surface area (Å²) in [6, 6.07) is 14.1. The normalized spacial score (nSPS) is 11.1. The zero-order chi connectivity index (χ0) is 19.3. The Labute approximate surface area is 152 Å². The first kappa shape index (κ1) is 19.3. The predicted molar refractivity (Wildman–Crippen MR) is 95.1 cm³/mol. The molecule has 2 aromatic carbocycles. The van der Waals surface area contributed by atoms with Crippen molar-refractivity contribution >= 4 is 11.9 Å². The standard InChI is InChI=1S/C20H22O6/c1-20(2,13-5-9-15(21)10-6-13)14-7-11-16(12-8-14)26-17(18(22)24-3)19(23)25-4/h5-12,17,21H,1-4H3. The van der Waals surface area contributed by atoms with Gasteiger partial charge in [-0.1, -0.05) is 38.1 Å². The summed E-state index contributed by atoms with van der Waals surface area (Å²) in [7, 11) is 2.34. The molecule has 0 spiro atoms. The predicted octanol–water partition coefficient (Wildman–Crippen LogP) is 2.81. The minimum absolute atomic E-state index is 0.213. The molecule has 0 aromatic heterocycles. The van der Waals surface area contributed by atoms with Gasteiger partial charge in [0.15, 0.2) is 0 Å². The van der Waals surface area contributed by atoms with Crippen LogP contribution >= 0.6 is 0 Å². The fourth-order valence-electron chi connectivity index (χ4n) is 2.54. The SMILES string of the molecule is COC(=O)C(Oc1ccc(C(C)(C)c2ccc(O)cc2)cc1)C(=O)OC. The van der Waals surface area contributed by atoms with Crippen LogP contribution < -0.4 is 4.74 Å². The van der Waals surface area contributed by atoms with Crippen molar-refractivity contribution < 1.29 is 28.9 Å². The van der Waals surface area contributed by atoms with Gasteiger partial charge < -0.3 is 19.3 Å². The monoisotopic (exact) mass is 358 g/mol. The maximum absolute atomic E-state index is 11.7. The molecule has 0 saturated heterocycles. The number of carbonyl (C=O) groups is 2. The van der Waals surface area contributed by atoms with E-state index in [2.05, 4.69) is 23.3 Å². The van der Waals surface area contributed by atoms with Crippen molar-refractivity contribution in [2.24, 2.45) is 0 Å². The molecular weight excluding hydrogens is 336 g/mol. The average molecular weight is 358 g/mol. The molecule has 0 aliphatic rings. The van der Waals surface area contributed by atoms with Crippen LogP contribution in [0.1, 0.15) is 25.0 Å². The number of phenols is 1. The summed E-state index contributed by atoms with van der Waals surface area (Å²) in [6.45, 7) is 4.11. The molecule has 0 bridgehead atoms. The topological polar surface area (TPSA) is 82.1 Å². The molecule has 1 N–H and O–H groups in total. The van der Waals surface area contributed by atoms with E-state index in [1.807, 2.05) is 24.3 Å². The Morgan fingerprint density at radius 1 is 0.846 bits per heavy atom. The van der Waals surface area contributed by atoms with Gasteiger partial charge >= 0.3 is 11.9 Å². The molecule has 2 rings (SSSR count). The largest absolute Gasteiger partial charge is 0.508 e. The Balaban J connectivity index is 2.22. The molecule has 2 aromatic rings. The fraction of sp³-hybridized carbons (Fsp3) is 0.300. The molecule has 0 fully saturated rings. The second kappa shape index (κ2) is 7.91. The number of ether oxygens (including phenoxy) is 3. The highest BCUT2D eigenvalue weighted by molar-refractivity contribution is 5.98. The number of rotatable bonds is 6. The first-order valence-corrected chi connectivity index (χ1v) is 8.02. The molecule has 6 nitrogen and oxygen atoms in total. The quantitative estimate of drug-likeness (QED) is 0.632.